The van der Waals surface area contributed by atoms with Gasteiger partial charge in [0, 0.05) is 23.7 Å². The number of rotatable bonds is 6. The summed E-state index contributed by atoms with van der Waals surface area (Å²) in [7, 11) is 0. The average Bonchev–Trinajstić information content (AvgIpc) is 2.77. The van der Waals surface area contributed by atoms with Gasteiger partial charge in [0.1, 0.15) is 11.4 Å². The van der Waals surface area contributed by atoms with Gasteiger partial charge in [-0.3, -0.25) is 14.5 Å². The third kappa shape index (κ3) is 7.78. The molecule has 0 spiro atoms. The van der Waals surface area contributed by atoms with Crippen molar-refractivity contribution < 1.29 is 22.8 Å². The number of hydrogen-bond acceptors (Lipinski definition) is 4. The minimum absolute atomic E-state index is 0.00209. The van der Waals surface area contributed by atoms with Gasteiger partial charge < -0.3 is 10.6 Å². The zero-order chi connectivity index (χ0) is 25.8. The molecule has 2 aromatic rings. The average molecular weight is 491 g/mol. The van der Waals surface area contributed by atoms with Gasteiger partial charge >= 0.3 is 6.18 Å². The predicted molar refractivity (Wildman–Crippen MR) is 129 cm³/mol. The monoisotopic (exact) mass is 490 g/mol. The highest BCUT2D eigenvalue weighted by atomic mass is 19.4. The maximum Gasteiger partial charge on any atom is 0.433 e. The quantitative estimate of drug-likeness (QED) is 0.595. The Kier molecular flexibility index (Phi) is 8.20. The number of amides is 2. The lowest BCUT2D eigenvalue weighted by Crippen LogP contribution is -2.46. The van der Waals surface area contributed by atoms with Crippen LogP contribution >= 0.6 is 0 Å². The number of piperidine rings is 1. The van der Waals surface area contributed by atoms with Crippen molar-refractivity contribution in [2.45, 2.75) is 65.2 Å². The molecule has 0 aliphatic carbocycles. The first-order chi connectivity index (χ1) is 16.3. The first-order valence-electron chi connectivity index (χ1n) is 11.9. The maximum atomic E-state index is 13.0. The van der Waals surface area contributed by atoms with E-state index in [0.29, 0.717) is 12.2 Å². The molecule has 1 aromatic carbocycles. The first kappa shape index (κ1) is 26.7. The van der Waals surface area contributed by atoms with Crippen LogP contribution in [0, 0.1) is 5.92 Å². The van der Waals surface area contributed by atoms with Crippen molar-refractivity contribution in [3.8, 4) is 0 Å². The normalized spacial score (nSPS) is 15.6. The van der Waals surface area contributed by atoms with Gasteiger partial charge in [-0.1, -0.05) is 19.1 Å². The Morgan fingerprint density at radius 2 is 1.71 bits per heavy atom. The van der Waals surface area contributed by atoms with E-state index in [0.717, 1.165) is 49.5 Å². The predicted octanol–water partition coefficient (Wildman–Crippen LogP) is 5.04. The van der Waals surface area contributed by atoms with E-state index in [9.17, 15) is 22.8 Å². The molecule has 35 heavy (non-hydrogen) atoms. The van der Waals surface area contributed by atoms with Crippen molar-refractivity contribution in [2.24, 2.45) is 5.92 Å². The Morgan fingerprint density at radius 3 is 2.31 bits per heavy atom. The number of alkyl halides is 3. The van der Waals surface area contributed by atoms with E-state index in [2.05, 4.69) is 26.6 Å². The van der Waals surface area contributed by atoms with Crippen LogP contribution in [0.5, 0.6) is 0 Å². The van der Waals surface area contributed by atoms with Crippen molar-refractivity contribution in [2.75, 3.05) is 18.4 Å². The van der Waals surface area contributed by atoms with Gasteiger partial charge in [-0.25, -0.2) is 4.98 Å². The fourth-order valence-corrected chi connectivity index (χ4v) is 4.13. The Labute approximate surface area is 204 Å². The number of anilines is 1. The Balaban J connectivity index is 1.65. The third-order valence-electron chi connectivity index (χ3n) is 5.85. The Morgan fingerprint density at radius 1 is 1.06 bits per heavy atom. The molecule has 1 saturated heterocycles. The van der Waals surface area contributed by atoms with Gasteiger partial charge in [-0.15, -0.1) is 0 Å². The molecule has 0 radical (unpaired) electrons. The smallest absolute Gasteiger partial charge is 0.351 e. The van der Waals surface area contributed by atoms with E-state index >= 15 is 0 Å². The van der Waals surface area contributed by atoms with Crippen LogP contribution in [0.15, 0.2) is 36.4 Å². The number of hydrogen-bond donors (Lipinski definition) is 2. The fourth-order valence-electron chi connectivity index (χ4n) is 4.13. The lowest BCUT2D eigenvalue weighted by atomic mass is 9.94. The summed E-state index contributed by atoms with van der Waals surface area (Å²) in [6.45, 7) is 10.1. The van der Waals surface area contributed by atoms with Gasteiger partial charge in [-0.2, -0.15) is 13.2 Å². The Hall–Kier alpha value is -2.94. The molecule has 9 heteroatoms. The number of carbonyl (C=O) groups excluding carboxylic acids is 2. The second-order valence-electron chi connectivity index (χ2n) is 10.0. The lowest BCUT2D eigenvalue weighted by molar-refractivity contribution is -0.141. The van der Waals surface area contributed by atoms with E-state index in [1.165, 1.54) is 12.1 Å². The number of nitrogens with one attached hydrogen (secondary N) is 2. The van der Waals surface area contributed by atoms with Crippen molar-refractivity contribution >= 4 is 17.5 Å². The van der Waals surface area contributed by atoms with Crippen LogP contribution in [0.25, 0.3) is 0 Å². The molecule has 0 unspecified atom stereocenters. The second-order valence-corrected chi connectivity index (χ2v) is 10.0. The second kappa shape index (κ2) is 10.8. The molecule has 2 amide bonds. The SMILES string of the molecule is CCc1cc(CN2CCC(C(=O)NC(C)(C)C)CC2)cc(NC(=O)c2cccc(C(F)(F)F)n2)c1. The highest BCUT2D eigenvalue weighted by molar-refractivity contribution is 6.03. The summed E-state index contributed by atoms with van der Waals surface area (Å²) in [5.74, 6) is -0.596. The lowest BCUT2D eigenvalue weighted by Gasteiger charge is -2.33. The summed E-state index contributed by atoms with van der Waals surface area (Å²) in [6.07, 6.45) is -2.32. The molecule has 0 saturated carbocycles. The van der Waals surface area contributed by atoms with Gasteiger partial charge in [-0.05, 0) is 88.5 Å². The molecule has 6 nitrogen and oxygen atoms in total. The molecule has 2 heterocycles. The largest absolute Gasteiger partial charge is 0.433 e. The summed E-state index contributed by atoms with van der Waals surface area (Å²) < 4.78 is 38.9. The molecule has 2 N–H and O–H groups in total. The van der Waals surface area contributed by atoms with Crippen molar-refractivity contribution in [3.63, 3.8) is 0 Å². The van der Waals surface area contributed by atoms with Crippen LogP contribution in [0.4, 0.5) is 18.9 Å². The van der Waals surface area contributed by atoms with Crippen LogP contribution in [-0.2, 0) is 23.9 Å². The van der Waals surface area contributed by atoms with E-state index in [-0.39, 0.29) is 23.1 Å². The van der Waals surface area contributed by atoms with Gasteiger partial charge in [0.25, 0.3) is 5.91 Å². The number of pyridine rings is 1. The molecule has 3 rings (SSSR count). The van der Waals surface area contributed by atoms with Crippen LogP contribution in [0.1, 0.15) is 67.8 Å². The van der Waals surface area contributed by atoms with Gasteiger partial charge in [0.05, 0.1) is 0 Å². The minimum atomic E-state index is -4.62. The molecule has 1 aliphatic rings. The summed E-state index contributed by atoms with van der Waals surface area (Å²) in [5.41, 5.74) is 0.872. The van der Waals surface area contributed by atoms with E-state index in [4.69, 9.17) is 0 Å². The third-order valence-corrected chi connectivity index (χ3v) is 5.85. The molecule has 1 fully saturated rings. The number of likely N-dealkylation sites (tertiary alicyclic amines) is 1. The van der Waals surface area contributed by atoms with Gasteiger partial charge in [0.2, 0.25) is 5.91 Å². The maximum absolute atomic E-state index is 13.0. The summed E-state index contributed by atoms with van der Waals surface area (Å²) in [4.78, 5) is 30.8. The van der Waals surface area contributed by atoms with E-state index in [1.54, 1.807) is 0 Å². The molecule has 1 aliphatic heterocycles. The molecule has 190 valence electrons. The molecular weight excluding hydrogens is 457 g/mol. The first-order valence-corrected chi connectivity index (χ1v) is 11.9. The van der Waals surface area contributed by atoms with Crippen LogP contribution < -0.4 is 10.6 Å². The van der Waals surface area contributed by atoms with E-state index in [1.807, 2.05) is 39.8 Å². The van der Waals surface area contributed by atoms with Crippen LogP contribution in [-0.4, -0.2) is 40.3 Å². The van der Waals surface area contributed by atoms with Gasteiger partial charge in [0.15, 0.2) is 0 Å². The van der Waals surface area contributed by atoms with Crippen molar-refractivity contribution in [1.82, 2.24) is 15.2 Å². The highest BCUT2D eigenvalue weighted by Gasteiger charge is 2.33. The zero-order valence-electron chi connectivity index (χ0n) is 20.6. The number of nitrogens with zero attached hydrogens (tertiary/aromatic N) is 2. The number of benzene rings is 1. The molecular formula is C26H33F3N4O2. The fraction of sp³-hybridized carbons (Fsp3) is 0.500. The number of aryl methyl sites for hydroxylation is 1. The van der Waals surface area contributed by atoms with Crippen LogP contribution in [0.3, 0.4) is 0 Å². The molecule has 1 aromatic heterocycles. The summed E-state index contributed by atoms with van der Waals surface area (Å²) in [5, 5.41) is 5.75. The minimum Gasteiger partial charge on any atom is -0.351 e. The molecule has 0 bridgehead atoms. The summed E-state index contributed by atoms with van der Waals surface area (Å²) in [6, 6.07) is 8.99. The molecule has 0 atom stereocenters. The van der Waals surface area contributed by atoms with Crippen LogP contribution in [0.2, 0.25) is 0 Å². The van der Waals surface area contributed by atoms with Crippen molar-refractivity contribution in [3.05, 3.63) is 58.9 Å². The standard InChI is InChI=1S/C26H33F3N4O2/c1-5-17-13-18(16-33-11-9-19(10-12-33)23(34)32-25(2,3)4)15-20(14-17)30-24(35)21-7-6-8-22(31-21)26(27,28)29/h6-8,13-15,19H,5,9-12,16H2,1-4H3,(H,30,35)(H,32,34). The number of carbonyl (C=O) groups is 2. The highest BCUT2D eigenvalue weighted by Crippen LogP contribution is 2.28. The topological polar surface area (TPSA) is 74.3 Å². The summed E-state index contributed by atoms with van der Waals surface area (Å²) >= 11 is 0. The van der Waals surface area contributed by atoms with E-state index < -0.39 is 17.8 Å². The number of halogens is 3. The van der Waals surface area contributed by atoms with Crippen molar-refractivity contribution in [1.29, 1.82) is 0 Å². The zero-order valence-corrected chi connectivity index (χ0v) is 20.6. The Bertz CT molecular complexity index is 1060. The number of aromatic nitrogens is 1.